The van der Waals surface area contributed by atoms with Gasteiger partial charge in [0.1, 0.15) is 11.3 Å². The van der Waals surface area contributed by atoms with Crippen molar-refractivity contribution in [3.05, 3.63) is 76.3 Å². The molecule has 2 aromatic carbocycles. The van der Waals surface area contributed by atoms with Gasteiger partial charge < -0.3 is 9.47 Å². The lowest BCUT2D eigenvalue weighted by molar-refractivity contribution is 0.0549. The Morgan fingerprint density at radius 1 is 1.00 bits per heavy atom. The molecule has 0 saturated carbocycles. The lowest BCUT2D eigenvalue weighted by Crippen LogP contribution is -2.15. The van der Waals surface area contributed by atoms with Gasteiger partial charge in [0.25, 0.3) is 0 Å². The molecule has 1 heterocycles. The highest BCUT2D eigenvalue weighted by Crippen LogP contribution is 2.35. The molecule has 140 valence electrons. The molecule has 0 bridgehead atoms. The monoisotopic (exact) mass is 377 g/mol. The van der Waals surface area contributed by atoms with Crippen molar-refractivity contribution in [1.82, 2.24) is 9.78 Å². The molecule has 28 heavy (non-hydrogen) atoms. The van der Waals surface area contributed by atoms with E-state index in [0.717, 1.165) is 0 Å². The zero-order valence-electron chi connectivity index (χ0n) is 15.1. The van der Waals surface area contributed by atoms with Crippen LogP contribution in [-0.2, 0) is 9.47 Å². The van der Waals surface area contributed by atoms with Gasteiger partial charge in [0.15, 0.2) is 5.69 Å². The highest BCUT2D eigenvalue weighted by molar-refractivity contribution is 6.07. The van der Waals surface area contributed by atoms with Crippen LogP contribution in [0.15, 0.2) is 59.7 Å². The van der Waals surface area contributed by atoms with Gasteiger partial charge in [0.2, 0.25) is 0 Å². The summed E-state index contributed by atoms with van der Waals surface area (Å²) in [5.74, 6) is -1.53. The molecule has 0 fully saturated rings. The summed E-state index contributed by atoms with van der Waals surface area (Å²) >= 11 is 0. The number of rotatable bonds is 5. The Labute approximate surface area is 159 Å². The van der Waals surface area contributed by atoms with Crippen molar-refractivity contribution < 1.29 is 19.1 Å². The summed E-state index contributed by atoms with van der Waals surface area (Å²) in [5, 5.41) is 8.11. The van der Waals surface area contributed by atoms with Crippen LogP contribution >= 0.6 is 0 Å². The van der Waals surface area contributed by atoms with E-state index in [1.54, 1.807) is 48.5 Å². The maximum Gasteiger partial charge on any atom is 0.357 e. The number of aromatic nitrogens is 2. The number of esters is 2. The SMILES string of the molecule is COC(=O)c1c(-c2ccccc2N=[N+]=[N-])nn(-c2ccccc2)c1C(=O)OC. The number of hydrogen-bond donors (Lipinski definition) is 0. The zero-order valence-corrected chi connectivity index (χ0v) is 15.1. The van der Waals surface area contributed by atoms with Gasteiger partial charge >= 0.3 is 11.9 Å². The van der Waals surface area contributed by atoms with E-state index in [2.05, 4.69) is 15.1 Å². The van der Waals surface area contributed by atoms with Crippen LogP contribution in [0.1, 0.15) is 20.8 Å². The van der Waals surface area contributed by atoms with Crippen molar-refractivity contribution in [3.63, 3.8) is 0 Å². The Morgan fingerprint density at radius 3 is 2.29 bits per heavy atom. The van der Waals surface area contributed by atoms with Crippen molar-refractivity contribution >= 4 is 17.6 Å². The van der Waals surface area contributed by atoms with E-state index in [9.17, 15) is 9.59 Å². The Hall–Kier alpha value is -4.10. The summed E-state index contributed by atoms with van der Waals surface area (Å²) in [6.45, 7) is 0. The third-order valence-electron chi connectivity index (χ3n) is 3.97. The fourth-order valence-electron chi connectivity index (χ4n) is 2.75. The Balaban J connectivity index is 2.41. The van der Waals surface area contributed by atoms with E-state index in [0.29, 0.717) is 11.3 Å². The number of azide groups is 1. The van der Waals surface area contributed by atoms with Crippen LogP contribution in [0.2, 0.25) is 0 Å². The fourth-order valence-corrected chi connectivity index (χ4v) is 2.75. The highest BCUT2D eigenvalue weighted by Gasteiger charge is 2.31. The molecule has 0 aliphatic rings. The predicted molar refractivity (Wildman–Crippen MR) is 100 cm³/mol. The maximum atomic E-state index is 12.6. The second-order valence-corrected chi connectivity index (χ2v) is 5.51. The fraction of sp³-hybridized carbons (Fsp3) is 0.105. The second-order valence-electron chi connectivity index (χ2n) is 5.51. The molecule has 0 aliphatic carbocycles. The van der Waals surface area contributed by atoms with Gasteiger partial charge in [-0.2, -0.15) is 5.10 Å². The van der Waals surface area contributed by atoms with Gasteiger partial charge in [-0.05, 0) is 17.7 Å². The number of nitrogens with zero attached hydrogens (tertiary/aromatic N) is 5. The molecular weight excluding hydrogens is 362 g/mol. The molecule has 3 aromatic rings. The van der Waals surface area contributed by atoms with Crippen LogP contribution < -0.4 is 0 Å². The van der Waals surface area contributed by atoms with E-state index in [1.165, 1.54) is 18.9 Å². The zero-order chi connectivity index (χ0) is 20.1. The minimum Gasteiger partial charge on any atom is -0.465 e. The molecule has 0 aliphatic heterocycles. The Morgan fingerprint density at radius 2 is 1.64 bits per heavy atom. The quantitative estimate of drug-likeness (QED) is 0.287. The molecule has 0 spiro atoms. The number of benzene rings is 2. The summed E-state index contributed by atoms with van der Waals surface area (Å²) in [7, 11) is 2.41. The number of carbonyl (C=O) groups is 2. The van der Waals surface area contributed by atoms with Crippen LogP contribution in [0.25, 0.3) is 27.4 Å². The van der Waals surface area contributed by atoms with Gasteiger partial charge in [0, 0.05) is 16.2 Å². The van der Waals surface area contributed by atoms with E-state index < -0.39 is 11.9 Å². The number of ether oxygens (including phenoxy) is 2. The largest absolute Gasteiger partial charge is 0.465 e. The van der Waals surface area contributed by atoms with Crippen molar-refractivity contribution in [2.75, 3.05) is 14.2 Å². The van der Waals surface area contributed by atoms with Crippen molar-refractivity contribution in [3.8, 4) is 16.9 Å². The van der Waals surface area contributed by atoms with Crippen molar-refractivity contribution in [2.45, 2.75) is 0 Å². The molecule has 0 unspecified atom stereocenters. The molecule has 0 saturated heterocycles. The molecule has 0 N–H and O–H groups in total. The molecule has 3 rings (SSSR count). The number of methoxy groups -OCH3 is 2. The van der Waals surface area contributed by atoms with E-state index in [4.69, 9.17) is 15.0 Å². The van der Waals surface area contributed by atoms with Gasteiger partial charge in [0.05, 0.1) is 19.9 Å². The average molecular weight is 377 g/mol. The minimum atomic E-state index is -0.770. The summed E-state index contributed by atoms with van der Waals surface area (Å²) in [6, 6.07) is 15.4. The first-order valence-electron chi connectivity index (χ1n) is 8.12. The predicted octanol–water partition coefficient (Wildman–Crippen LogP) is 4.05. The smallest absolute Gasteiger partial charge is 0.357 e. The third-order valence-corrected chi connectivity index (χ3v) is 3.97. The normalized spacial score (nSPS) is 10.1. The van der Waals surface area contributed by atoms with Gasteiger partial charge in [-0.25, -0.2) is 14.3 Å². The van der Waals surface area contributed by atoms with Gasteiger partial charge in [-0.15, -0.1) is 0 Å². The molecular formula is C19H15N5O4. The topological polar surface area (TPSA) is 119 Å². The van der Waals surface area contributed by atoms with Gasteiger partial charge in [-0.1, -0.05) is 47.6 Å². The summed E-state index contributed by atoms with van der Waals surface area (Å²) in [5.41, 5.74) is 9.98. The number of para-hydroxylation sites is 1. The van der Waals surface area contributed by atoms with E-state index in [1.807, 2.05) is 6.07 Å². The Kier molecular flexibility index (Phi) is 5.38. The van der Waals surface area contributed by atoms with Crippen LogP contribution in [0.3, 0.4) is 0 Å². The first-order valence-corrected chi connectivity index (χ1v) is 8.12. The van der Waals surface area contributed by atoms with Crippen LogP contribution in [-0.4, -0.2) is 35.9 Å². The molecule has 0 radical (unpaired) electrons. The average Bonchev–Trinajstić information content (AvgIpc) is 3.14. The molecule has 9 nitrogen and oxygen atoms in total. The molecule has 0 atom stereocenters. The number of hydrogen-bond acceptors (Lipinski definition) is 6. The number of carbonyl (C=O) groups excluding carboxylic acids is 2. The highest BCUT2D eigenvalue weighted by atomic mass is 16.5. The summed E-state index contributed by atoms with van der Waals surface area (Å²) < 4.78 is 11.1. The standard InChI is InChI=1S/C19H15N5O4/c1-27-18(25)15-16(13-10-6-7-11-14(13)21-23-20)22-24(17(15)19(26)28-2)12-8-4-3-5-9-12/h3-11H,1-2H3. The summed E-state index contributed by atoms with van der Waals surface area (Å²) in [4.78, 5) is 27.9. The molecule has 0 amide bonds. The Bertz CT molecular complexity index is 1080. The van der Waals surface area contributed by atoms with Crippen LogP contribution in [0, 0.1) is 0 Å². The van der Waals surface area contributed by atoms with Crippen LogP contribution in [0.4, 0.5) is 5.69 Å². The van der Waals surface area contributed by atoms with Crippen molar-refractivity contribution in [2.24, 2.45) is 5.11 Å². The first kappa shape index (κ1) is 18.7. The minimum absolute atomic E-state index is 0.0845. The van der Waals surface area contributed by atoms with E-state index >= 15 is 0 Å². The second kappa shape index (κ2) is 8.07. The lowest BCUT2D eigenvalue weighted by atomic mass is 10.0. The molecule has 1 aromatic heterocycles. The van der Waals surface area contributed by atoms with Crippen molar-refractivity contribution in [1.29, 1.82) is 0 Å². The lowest BCUT2D eigenvalue weighted by Gasteiger charge is -2.07. The first-order chi connectivity index (χ1) is 13.6. The molecule has 9 heteroatoms. The van der Waals surface area contributed by atoms with Crippen LogP contribution in [0.5, 0.6) is 0 Å². The van der Waals surface area contributed by atoms with Gasteiger partial charge in [-0.3, -0.25) is 0 Å². The third kappa shape index (κ3) is 3.29. The van der Waals surface area contributed by atoms with E-state index in [-0.39, 0.29) is 22.6 Å². The maximum absolute atomic E-state index is 12.6. The summed E-state index contributed by atoms with van der Waals surface area (Å²) in [6.07, 6.45) is 0.